The molecule has 0 saturated carbocycles. The van der Waals surface area contributed by atoms with E-state index in [0.29, 0.717) is 10.0 Å². The van der Waals surface area contributed by atoms with E-state index < -0.39 is 0 Å². The molecule has 5 heteroatoms. The Morgan fingerprint density at radius 3 is 2.35 bits per heavy atom. The molecule has 0 aliphatic heterocycles. The van der Waals surface area contributed by atoms with Gasteiger partial charge in [-0.15, -0.1) is 22.9 Å². The zero-order chi connectivity index (χ0) is 14.3. The zero-order valence-corrected chi connectivity index (χ0v) is 14.7. The van der Waals surface area contributed by atoms with Gasteiger partial charge < -0.3 is 0 Å². The minimum absolute atomic E-state index is 0.362. The van der Waals surface area contributed by atoms with Gasteiger partial charge >= 0.3 is 0 Å². The molecule has 1 unspecified atom stereocenters. The van der Waals surface area contributed by atoms with Crippen LogP contribution in [0.1, 0.15) is 16.5 Å². The minimum atomic E-state index is -0.362. The third-order valence-corrected chi connectivity index (χ3v) is 6.19. The molecule has 0 radical (unpaired) electrons. The maximum absolute atomic E-state index is 6.64. The monoisotopic (exact) mass is 404 g/mol. The third kappa shape index (κ3) is 2.49. The maximum atomic E-state index is 6.64. The van der Waals surface area contributed by atoms with Crippen molar-refractivity contribution in [1.29, 1.82) is 0 Å². The summed E-state index contributed by atoms with van der Waals surface area (Å²) in [5.41, 5.74) is 1.79. The summed E-state index contributed by atoms with van der Waals surface area (Å²) in [5, 5.41) is 4.01. The highest BCUT2D eigenvalue weighted by molar-refractivity contribution is 9.10. The molecule has 1 heterocycles. The van der Waals surface area contributed by atoms with Crippen molar-refractivity contribution in [3.63, 3.8) is 0 Å². The molecular formula is C15H8BrCl3S. The summed E-state index contributed by atoms with van der Waals surface area (Å²) in [7, 11) is 0. The van der Waals surface area contributed by atoms with Gasteiger partial charge in [0, 0.05) is 24.8 Å². The van der Waals surface area contributed by atoms with E-state index in [0.717, 1.165) is 21.0 Å². The van der Waals surface area contributed by atoms with E-state index in [1.165, 1.54) is 4.70 Å². The van der Waals surface area contributed by atoms with Crippen LogP contribution in [0.3, 0.4) is 0 Å². The lowest BCUT2D eigenvalue weighted by Gasteiger charge is -2.13. The number of rotatable bonds is 2. The number of hydrogen-bond donors (Lipinski definition) is 0. The van der Waals surface area contributed by atoms with Crippen molar-refractivity contribution in [3.8, 4) is 0 Å². The Hall–Kier alpha value is -0.250. The molecule has 0 bridgehead atoms. The Balaban J connectivity index is 2.18. The summed E-state index contributed by atoms with van der Waals surface area (Å²) in [6.07, 6.45) is 0. The second-order valence-electron chi connectivity index (χ2n) is 4.31. The van der Waals surface area contributed by atoms with Gasteiger partial charge in [-0.1, -0.05) is 41.4 Å². The quantitative estimate of drug-likeness (QED) is 0.392. The molecule has 1 atom stereocenters. The van der Waals surface area contributed by atoms with Crippen LogP contribution >= 0.6 is 62.1 Å². The summed E-state index contributed by atoms with van der Waals surface area (Å²) >= 11 is 24.4. The normalized spacial score (nSPS) is 12.8. The highest BCUT2D eigenvalue weighted by atomic mass is 79.9. The first-order valence-corrected chi connectivity index (χ1v) is 8.69. The topological polar surface area (TPSA) is 0 Å². The molecule has 0 spiro atoms. The molecule has 0 aliphatic rings. The smallest absolute Gasteiger partial charge is 0.0878 e. The van der Waals surface area contributed by atoms with E-state index in [1.807, 2.05) is 30.3 Å². The van der Waals surface area contributed by atoms with Crippen molar-refractivity contribution in [3.05, 3.63) is 67.4 Å². The first-order valence-electron chi connectivity index (χ1n) is 5.83. The summed E-state index contributed by atoms with van der Waals surface area (Å²) in [6.45, 7) is 0. The van der Waals surface area contributed by atoms with Crippen LogP contribution in [0.15, 0.2) is 46.3 Å². The van der Waals surface area contributed by atoms with E-state index in [-0.39, 0.29) is 5.38 Å². The SMILES string of the molecule is Clc1cccc(Cl)c1C(Cl)c1csc2c(Br)cccc12. The van der Waals surface area contributed by atoms with Gasteiger partial charge in [-0.05, 0) is 50.5 Å². The molecule has 20 heavy (non-hydrogen) atoms. The number of thiophene rings is 1. The highest BCUT2D eigenvalue weighted by Crippen LogP contribution is 2.43. The number of hydrogen-bond acceptors (Lipinski definition) is 1. The molecule has 0 amide bonds. The van der Waals surface area contributed by atoms with Gasteiger partial charge in [-0.25, -0.2) is 0 Å². The Morgan fingerprint density at radius 2 is 1.65 bits per heavy atom. The summed E-state index contributed by atoms with van der Waals surface area (Å²) < 4.78 is 2.25. The van der Waals surface area contributed by atoms with Crippen LogP contribution in [0, 0.1) is 0 Å². The van der Waals surface area contributed by atoms with Gasteiger partial charge in [0.2, 0.25) is 0 Å². The van der Waals surface area contributed by atoms with Crippen molar-refractivity contribution in [2.45, 2.75) is 5.38 Å². The summed E-state index contributed by atoms with van der Waals surface area (Å²) in [6, 6.07) is 11.5. The molecule has 3 aromatic rings. The van der Waals surface area contributed by atoms with Gasteiger partial charge in [0.15, 0.2) is 0 Å². The zero-order valence-electron chi connectivity index (χ0n) is 10.0. The number of alkyl halides is 1. The van der Waals surface area contributed by atoms with Gasteiger partial charge in [0.05, 0.1) is 5.38 Å². The van der Waals surface area contributed by atoms with Crippen molar-refractivity contribution in [2.24, 2.45) is 0 Å². The van der Waals surface area contributed by atoms with Crippen molar-refractivity contribution in [2.75, 3.05) is 0 Å². The lowest BCUT2D eigenvalue weighted by molar-refractivity contribution is 1.17. The van der Waals surface area contributed by atoms with E-state index in [9.17, 15) is 0 Å². The first-order chi connectivity index (χ1) is 9.59. The molecule has 0 aliphatic carbocycles. The van der Waals surface area contributed by atoms with E-state index in [4.69, 9.17) is 34.8 Å². The van der Waals surface area contributed by atoms with Crippen LogP contribution in [-0.2, 0) is 0 Å². The predicted molar refractivity (Wildman–Crippen MR) is 93.7 cm³/mol. The van der Waals surface area contributed by atoms with Crippen molar-refractivity contribution < 1.29 is 0 Å². The van der Waals surface area contributed by atoms with Gasteiger partial charge in [-0.3, -0.25) is 0 Å². The van der Waals surface area contributed by atoms with Crippen LogP contribution in [0.25, 0.3) is 10.1 Å². The second-order valence-corrected chi connectivity index (χ2v) is 7.29. The van der Waals surface area contributed by atoms with Gasteiger partial charge in [0.1, 0.15) is 0 Å². The van der Waals surface area contributed by atoms with Gasteiger partial charge in [0.25, 0.3) is 0 Å². The molecule has 0 N–H and O–H groups in total. The third-order valence-electron chi connectivity index (χ3n) is 3.11. The highest BCUT2D eigenvalue weighted by Gasteiger charge is 2.21. The molecule has 0 fully saturated rings. The second kappa shape index (κ2) is 5.86. The van der Waals surface area contributed by atoms with Crippen molar-refractivity contribution in [1.82, 2.24) is 0 Å². The van der Waals surface area contributed by atoms with Gasteiger partial charge in [-0.2, -0.15) is 0 Å². The molecule has 102 valence electrons. The molecule has 2 aromatic carbocycles. The fourth-order valence-electron chi connectivity index (χ4n) is 2.15. The standard InChI is InChI=1S/C15H8BrCl3S/c16-10-4-1-3-8-9(7-20-15(8)10)14(19)13-11(17)5-2-6-12(13)18/h1-7,14H. The van der Waals surface area contributed by atoms with E-state index in [1.54, 1.807) is 11.3 Å². The van der Waals surface area contributed by atoms with E-state index >= 15 is 0 Å². The molecular weight excluding hydrogens is 398 g/mol. The van der Waals surface area contributed by atoms with Crippen LogP contribution in [0.5, 0.6) is 0 Å². The fraction of sp³-hybridized carbons (Fsp3) is 0.0667. The first kappa shape index (κ1) is 14.7. The summed E-state index contributed by atoms with van der Waals surface area (Å²) in [5.74, 6) is 0. The van der Waals surface area contributed by atoms with E-state index in [2.05, 4.69) is 27.4 Å². The number of benzene rings is 2. The maximum Gasteiger partial charge on any atom is 0.0878 e. The lowest BCUT2D eigenvalue weighted by atomic mass is 10.0. The Kier molecular flexibility index (Phi) is 4.30. The molecule has 1 aromatic heterocycles. The molecule has 3 rings (SSSR count). The minimum Gasteiger partial charge on any atom is -0.142 e. The average Bonchev–Trinajstić information content (AvgIpc) is 2.83. The van der Waals surface area contributed by atoms with Crippen molar-refractivity contribution >= 4 is 72.2 Å². The predicted octanol–water partition coefficient (Wildman–Crippen LogP) is 7.30. The van der Waals surface area contributed by atoms with Crippen LogP contribution in [0.4, 0.5) is 0 Å². The molecule has 0 nitrogen and oxygen atoms in total. The Labute approximate surface area is 144 Å². The number of fused-ring (bicyclic) bond motifs is 1. The Bertz CT molecular complexity index is 762. The van der Waals surface area contributed by atoms with Crippen LogP contribution in [-0.4, -0.2) is 0 Å². The largest absolute Gasteiger partial charge is 0.142 e. The Morgan fingerprint density at radius 1 is 1.00 bits per heavy atom. The lowest BCUT2D eigenvalue weighted by Crippen LogP contribution is -1.94. The van der Waals surface area contributed by atoms with Crippen LogP contribution in [0.2, 0.25) is 10.0 Å². The fourth-order valence-corrected chi connectivity index (χ4v) is 5.01. The molecule has 0 saturated heterocycles. The summed E-state index contributed by atoms with van der Waals surface area (Å²) in [4.78, 5) is 0. The average molecular weight is 407 g/mol. The number of halogens is 4. The van der Waals surface area contributed by atoms with Crippen LogP contribution < -0.4 is 0 Å².